The van der Waals surface area contributed by atoms with Crippen LogP contribution in [0.1, 0.15) is 31.1 Å². The van der Waals surface area contributed by atoms with Crippen molar-refractivity contribution in [3.63, 3.8) is 0 Å². The topological polar surface area (TPSA) is 123 Å². The third-order valence-electron chi connectivity index (χ3n) is 2.44. The van der Waals surface area contributed by atoms with E-state index in [0.29, 0.717) is 0 Å². The Labute approximate surface area is 151 Å². The van der Waals surface area contributed by atoms with Gasteiger partial charge in [-0.15, -0.1) is 0 Å². The average Bonchev–Trinajstić information content (AvgIpc) is 2.61. The van der Waals surface area contributed by atoms with Crippen molar-refractivity contribution in [3.8, 4) is 18.2 Å². The second kappa shape index (κ2) is 10.5. The van der Waals surface area contributed by atoms with Gasteiger partial charge in [0.2, 0.25) is 15.3 Å². The predicted molar refractivity (Wildman–Crippen MR) is 93.6 cm³/mol. The van der Waals surface area contributed by atoms with Gasteiger partial charge in [-0.2, -0.15) is 15.8 Å². The van der Waals surface area contributed by atoms with Crippen molar-refractivity contribution in [3.05, 3.63) is 34.9 Å². The first-order valence-corrected chi connectivity index (χ1v) is 9.26. The number of thioether (sulfide) groups is 3. The Bertz CT molecular complexity index is 671. The van der Waals surface area contributed by atoms with Gasteiger partial charge >= 0.3 is 0 Å². The summed E-state index contributed by atoms with van der Waals surface area (Å²) < 4.78 is 0. The van der Waals surface area contributed by atoms with E-state index in [0.717, 1.165) is 35.3 Å². The van der Waals surface area contributed by atoms with Gasteiger partial charge in [0.05, 0.1) is 35.5 Å². The van der Waals surface area contributed by atoms with Crippen LogP contribution in [0.5, 0.6) is 0 Å². The molecule has 0 spiro atoms. The molecule has 0 bridgehead atoms. The van der Waals surface area contributed by atoms with Crippen molar-refractivity contribution < 1.29 is 14.4 Å². The number of carbonyl (C=O) groups excluding carboxylic acids is 3. The van der Waals surface area contributed by atoms with Gasteiger partial charge in [0.25, 0.3) is 0 Å². The maximum atomic E-state index is 12.1. The molecular weight excluding hydrogens is 366 g/mol. The lowest BCUT2D eigenvalue weighted by molar-refractivity contribution is 0.108. The number of nitrogens with zero attached hydrogens (tertiary/aromatic N) is 3. The van der Waals surface area contributed by atoms with Crippen LogP contribution in [0.2, 0.25) is 0 Å². The Morgan fingerprint density at radius 3 is 1.12 bits per heavy atom. The fourth-order valence-electron chi connectivity index (χ4n) is 1.52. The van der Waals surface area contributed by atoms with Crippen LogP contribution in [0.25, 0.3) is 0 Å². The summed E-state index contributed by atoms with van der Waals surface area (Å²) in [6.07, 6.45) is 0. The Kier molecular flexibility index (Phi) is 8.67. The van der Waals surface area contributed by atoms with E-state index in [1.165, 1.54) is 18.2 Å². The molecular formula is C15H9N3O3S3. The molecule has 0 heterocycles. The van der Waals surface area contributed by atoms with Gasteiger partial charge < -0.3 is 0 Å². The highest BCUT2D eigenvalue weighted by atomic mass is 32.2. The summed E-state index contributed by atoms with van der Waals surface area (Å²) >= 11 is 2.30. The van der Waals surface area contributed by atoms with Gasteiger partial charge in [0.1, 0.15) is 0 Å². The van der Waals surface area contributed by atoms with Crippen LogP contribution in [0.15, 0.2) is 18.2 Å². The summed E-state index contributed by atoms with van der Waals surface area (Å²) in [7, 11) is 0. The molecule has 0 fully saturated rings. The highest BCUT2D eigenvalue weighted by molar-refractivity contribution is 8.15. The average molecular weight is 375 g/mol. The molecule has 0 aliphatic carbocycles. The van der Waals surface area contributed by atoms with E-state index in [-0.39, 0.29) is 33.9 Å². The first-order valence-electron chi connectivity index (χ1n) is 6.30. The standard InChI is InChI=1S/C15H9N3O3S3/c16-1-4-22-13(19)10-7-11(14(20)23-5-2-17)9-12(8-10)15(21)24-6-3-18/h7-9H,4-6H2. The van der Waals surface area contributed by atoms with Crippen LogP contribution in [0.4, 0.5) is 0 Å². The van der Waals surface area contributed by atoms with E-state index in [1.807, 2.05) is 18.2 Å². The van der Waals surface area contributed by atoms with E-state index < -0.39 is 15.3 Å². The maximum absolute atomic E-state index is 12.1. The Balaban J connectivity index is 3.19. The molecule has 0 unspecified atom stereocenters. The summed E-state index contributed by atoms with van der Waals surface area (Å²) in [5, 5.41) is 24.3. The zero-order valence-corrected chi connectivity index (χ0v) is 14.6. The minimum absolute atomic E-state index is 0.0490. The van der Waals surface area contributed by atoms with Gasteiger partial charge in [-0.1, -0.05) is 35.3 Å². The molecule has 1 aromatic carbocycles. The third kappa shape index (κ3) is 6.10. The Morgan fingerprint density at radius 1 is 0.667 bits per heavy atom. The first kappa shape index (κ1) is 19.8. The molecule has 1 rings (SSSR count). The molecule has 0 radical (unpaired) electrons. The van der Waals surface area contributed by atoms with Gasteiger partial charge in [0.15, 0.2) is 0 Å². The zero-order valence-electron chi connectivity index (χ0n) is 12.1. The van der Waals surface area contributed by atoms with E-state index in [9.17, 15) is 14.4 Å². The number of rotatable bonds is 6. The predicted octanol–water partition coefficient (Wildman–Crippen LogP) is 2.88. The first-order chi connectivity index (χ1) is 11.5. The molecule has 0 atom stereocenters. The van der Waals surface area contributed by atoms with Crippen molar-refractivity contribution in [2.75, 3.05) is 17.3 Å². The number of carbonyl (C=O) groups is 3. The lowest BCUT2D eigenvalue weighted by Crippen LogP contribution is -2.05. The molecule has 0 saturated carbocycles. The fourth-order valence-corrected chi connectivity index (χ4v) is 2.97. The molecule has 1 aromatic rings. The zero-order chi connectivity index (χ0) is 17.9. The van der Waals surface area contributed by atoms with Crippen molar-refractivity contribution in [2.24, 2.45) is 0 Å². The molecule has 0 aliphatic heterocycles. The summed E-state index contributed by atoms with van der Waals surface area (Å²) in [4.78, 5) is 36.2. The highest BCUT2D eigenvalue weighted by Gasteiger charge is 2.17. The lowest BCUT2D eigenvalue weighted by atomic mass is 10.1. The Hall–Kier alpha value is -2.25. The van der Waals surface area contributed by atoms with Crippen LogP contribution in [0, 0.1) is 34.0 Å². The summed E-state index contributed by atoms with van der Waals surface area (Å²) in [6.45, 7) is 0. The number of benzene rings is 1. The van der Waals surface area contributed by atoms with Gasteiger partial charge in [0, 0.05) is 16.7 Å². The smallest absolute Gasteiger partial charge is 0.220 e. The summed E-state index contributed by atoms with van der Waals surface area (Å²) in [5.41, 5.74) is 0.374. The molecule has 9 heteroatoms. The van der Waals surface area contributed by atoms with Crippen LogP contribution in [-0.4, -0.2) is 32.6 Å². The van der Waals surface area contributed by atoms with E-state index >= 15 is 0 Å². The molecule has 0 saturated heterocycles. The summed E-state index contributed by atoms with van der Waals surface area (Å²) in [5.74, 6) is -0.147. The molecule has 0 aliphatic rings. The molecule has 0 amide bonds. The quantitative estimate of drug-likeness (QED) is 0.738. The van der Waals surface area contributed by atoms with Gasteiger partial charge in [-0.25, -0.2) is 0 Å². The molecule has 120 valence electrons. The van der Waals surface area contributed by atoms with E-state index in [2.05, 4.69) is 0 Å². The molecule has 6 nitrogen and oxygen atoms in total. The van der Waals surface area contributed by atoms with Crippen LogP contribution in [0.3, 0.4) is 0 Å². The Morgan fingerprint density at radius 2 is 0.917 bits per heavy atom. The van der Waals surface area contributed by atoms with Gasteiger partial charge in [-0.3, -0.25) is 14.4 Å². The van der Waals surface area contributed by atoms with Crippen LogP contribution in [-0.2, 0) is 0 Å². The van der Waals surface area contributed by atoms with Crippen molar-refractivity contribution in [1.29, 1.82) is 15.8 Å². The summed E-state index contributed by atoms with van der Waals surface area (Å²) in [6, 6.07) is 9.50. The van der Waals surface area contributed by atoms with Crippen molar-refractivity contribution >= 4 is 50.6 Å². The minimum atomic E-state index is -0.434. The van der Waals surface area contributed by atoms with Crippen molar-refractivity contribution in [1.82, 2.24) is 0 Å². The second-order valence-electron chi connectivity index (χ2n) is 4.00. The molecule has 0 N–H and O–H groups in total. The number of hydrogen-bond donors (Lipinski definition) is 0. The lowest BCUT2D eigenvalue weighted by Gasteiger charge is -2.06. The monoisotopic (exact) mass is 375 g/mol. The minimum Gasteiger partial charge on any atom is -0.282 e. The SMILES string of the molecule is N#CCSC(=O)c1cc(C(=O)SCC#N)cc(C(=O)SCC#N)c1. The van der Waals surface area contributed by atoms with Gasteiger partial charge in [-0.05, 0) is 18.2 Å². The normalized spacial score (nSPS) is 9.38. The molecule has 0 aromatic heterocycles. The number of nitriles is 3. The van der Waals surface area contributed by atoms with Crippen LogP contribution < -0.4 is 0 Å². The second-order valence-corrected chi connectivity index (χ2v) is 6.85. The van der Waals surface area contributed by atoms with Crippen molar-refractivity contribution in [2.45, 2.75) is 0 Å². The van der Waals surface area contributed by atoms with E-state index in [1.54, 1.807) is 0 Å². The highest BCUT2D eigenvalue weighted by Crippen LogP contribution is 2.22. The maximum Gasteiger partial charge on any atom is 0.220 e. The van der Waals surface area contributed by atoms with Crippen LogP contribution >= 0.6 is 35.3 Å². The molecule has 24 heavy (non-hydrogen) atoms. The fraction of sp³-hybridized carbons (Fsp3) is 0.200. The third-order valence-corrected chi connectivity index (χ3v) is 4.76. The largest absolute Gasteiger partial charge is 0.282 e. The van der Waals surface area contributed by atoms with E-state index in [4.69, 9.17) is 15.8 Å². The number of hydrogen-bond acceptors (Lipinski definition) is 9.